The molecule has 1 aromatic carbocycles. The maximum Gasteiger partial charge on any atom is 0.251 e. The van der Waals surface area contributed by atoms with Gasteiger partial charge in [0.2, 0.25) is 0 Å². The molecule has 0 saturated carbocycles. The molecule has 1 aliphatic heterocycles. The average molecular weight is 236 g/mol. The van der Waals surface area contributed by atoms with Crippen LogP contribution in [-0.4, -0.2) is 23.5 Å². The monoisotopic (exact) mass is 236 g/mol. The number of carbonyl (C=O) groups excluding carboxylic acids is 1. The number of nitrogen functional groups attached to an aromatic ring is 1. The lowest BCUT2D eigenvalue weighted by Crippen LogP contribution is -2.34. The van der Waals surface area contributed by atoms with Crippen LogP contribution in [0.3, 0.4) is 0 Å². The number of rotatable bonds is 2. The summed E-state index contributed by atoms with van der Waals surface area (Å²) in [5.74, 6) is 2.19. The lowest BCUT2D eigenvalue weighted by molar-refractivity contribution is 0.0940. The van der Waals surface area contributed by atoms with Gasteiger partial charge in [0.25, 0.3) is 5.91 Å². The third kappa shape index (κ3) is 2.50. The molecule has 3 nitrogen and oxygen atoms in total. The fourth-order valence-electron chi connectivity index (χ4n) is 1.85. The quantitative estimate of drug-likeness (QED) is 0.770. The number of thioether (sulfide) groups is 1. The molecule has 0 aromatic heterocycles. The van der Waals surface area contributed by atoms with Crippen LogP contribution in [0.5, 0.6) is 0 Å². The molecule has 4 heteroatoms. The van der Waals surface area contributed by atoms with Crippen molar-refractivity contribution in [3.05, 3.63) is 29.3 Å². The van der Waals surface area contributed by atoms with E-state index in [0.717, 1.165) is 29.1 Å². The Labute approximate surface area is 99.8 Å². The molecule has 16 heavy (non-hydrogen) atoms. The second-order valence-electron chi connectivity index (χ2n) is 4.11. The number of amides is 1. The van der Waals surface area contributed by atoms with Crippen molar-refractivity contribution in [2.45, 2.75) is 19.4 Å². The van der Waals surface area contributed by atoms with E-state index in [2.05, 4.69) is 5.32 Å². The predicted molar refractivity (Wildman–Crippen MR) is 68.8 cm³/mol. The molecule has 0 spiro atoms. The summed E-state index contributed by atoms with van der Waals surface area (Å²) in [6.45, 7) is 1.91. The van der Waals surface area contributed by atoms with Crippen molar-refractivity contribution >= 4 is 23.4 Å². The fourth-order valence-corrected chi connectivity index (χ4v) is 3.01. The molecule has 1 unspecified atom stereocenters. The van der Waals surface area contributed by atoms with Gasteiger partial charge in [-0.1, -0.05) is 0 Å². The molecule has 0 radical (unpaired) electrons. The first-order chi connectivity index (χ1) is 7.66. The molecule has 1 heterocycles. The van der Waals surface area contributed by atoms with Crippen LogP contribution >= 0.6 is 11.8 Å². The van der Waals surface area contributed by atoms with E-state index in [4.69, 9.17) is 5.73 Å². The Bertz CT molecular complexity index is 400. The maximum atomic E-state index is 12.0. The van der Waals surface area contributed by atoms with Gasteiger partial charge >= 0.3 is 0 Å². The minimum absolute atomic E-state index is 0.0185. The van der Waals surface area contributed by atoms with Crippen molar-refractivity contribution in [3.8, 4) is 0 Å². The number of nitrogens with one attached hydrogen (secondary N) is 1. The Morgan fingerprint density at radius 2 is 2.38 bits per heavy atom. The number of hydrogen-bond donors (Lipinski definition) is 2. The van der Waals surface area contributed by atoms with Gasteiger partial charge in [-0.15, -0.1) is 0 Å². The highest BCUT2D eigenvalue weighted by Gasteiger charge is 2.19. The lowest BCUT2D eigenvalue weighted by Gasteiger charge is -2.12. The van der Waals surface area contributed by atoms with E-state index in [1.165, 1.54) is 0 Å². The number of anilines is 1. The van der Waals surface area contributed by atoms with Gasteiger partial charge in [-0.3, -0.25) is 4.79 Å². The number of carbonyl (C=O) groups is 1. The fraction of sp³-hybridized carbons (Fsp3) is 0.417. The predicted octanol–water partition coefficient (Wildman–Crippen LogP) is 1.81. The second kappa shape index (κ2) is 4.78. The summed E-state index contributed by atoms with van der Waals surface area (Å²) in [4.78, 5) is 12.0. The zero-order chi connectivity index (χ0) is 11.5. The van der Waals surface area contributed by atoms with Crippen LogP contribution < -0.4 is 11.1 Å². The Hall–Kier alpha value is -1.16. The first-order valence-electron chi connectivity index (χ1n) is 5.41. The molecule has 1 fully saturated rings. The van der Waals surface area contributed by atoms with E-state index in [1.54, 1.807) is 12.1 Å². The second-order valence-corrected chi connectivity index (χ2v) is 5.26. The van der Waals surface area contributed by atoms with Crippen LogP contribution in [-0.2, 0) is 0 Å². The minimum Gasteiger partial charge on any atom is -0.399 e. The van der Waals surface area contributed by atoms with E-state index in [0.29, 0.717) is 11.7 Å². The van der Waals surface area contributed by atoms with Gasteiger partial charge in [0, 0.05) is 23.0 Å². The van der Waals surface area contributed by atoms with Gasteiger partial charge in [0.1, 0.15) is 0 Å². The van der Waals surface area contributed by atoms with Crippen LogP contribution in [0, 0.1) is 6.92 Å². The molecule has 1 atom stereocenters. The molecule has 3 N–H and O–H groups in total. The van der Waals surface area contributed by atoms with E-state index in [-0.39, 0.29) is 5.91 Å². The first kappa shape index (κ1) is 11.3. The molecule has 86 valence electrons. The van der Waals surface area contributed by atoms with Gasteiger partial charge in [0.15, 0.2) is 0 Å². The largest absolute Gasteiger partial charge is 0.399 e. The Morgan fingerprint density at radius 1 is 1.56 bits per heavy atom. The number of nitrogens with two attached hydrogens (primary N) is 1. The van der Waals surface area contributed by atoms with Crippen molar-refractivity contribution < 1.29 is 4.79 Å². The molecular formula is C12H16N2OS. The molecular weight excluding hydrogens is 220 g/mol. The molecule has 1 saturated heterocycles. The van der Waals surface area contributed by atoms with Gasteiger partial charge in [-0.2, -0.15) is 11.8 Å². The van der Waals surface area contributed by atoms with Gasteiger partial charge in [-0.05, 0) is 42.9 Å². The first-order valence-corrected chi connectivity index (χ1v) is 6.57. The number of benzene rings is 1. The van der Waals surface area contributed by atoms with Crippen LogP contribution in [0.4, 0.5) is 5.69 Å². The van der Waals surface area contributed by atoms with E-state index in [9.17, 15) is 4.79 Å². The highest BCUT2D eigenvalue weighted by Crippen LogP contribution is 2.18. The third-order valence-electron chi connectivity index (χ3n) is 2.76. The summed E-state index contributed by atoms with van der Waals surface area (Å²) in [6.07, 6.45) is 1.07. The third-order valence-corrected chi connectivity index (χ3v) is 3.92. The summed E-state index contributed by atoms with van der Waals surface area (Å²) >= 11 is 1.89. The summed E-state index contributed by atoms with van der Waals surface area (Å²) < 4.78 is 0. The van der Waals surface area contributed by atoms with Crippen LogP contribution in [0.25, 0.3) is 0 Å². The van der Waals surface area contributed by atoms with Crippen LogP contribution in [0.1, 0.15) is 22.3 Å². The van der Waals surface area contributed by atoms with Gasteiger partial charge in [0.05, 0.1) is 0 Å². The standard InChI is InChI=1S/C12H16N2OS/c1-8-6-9(13)2-3-11(8)12(15)14-10-4-5-16-7-10/h2-3,6,10H,4-5,7,13H2,1H3,(H,14,15). The molecule has 0 bridgehead atoms. The lowest BCUT2D eigenvalue weighted by atomic mass is 10.1. The highest BCUT2D eigenvalue weighted by molar-refractivity contribution is 7.99. The maximum absolute atomic E-state index is 12.0. The topological polar surface area (TPSA) is 55.1 Å². The number of aryl methyl sites for hydroxylation is 1. The summed E-state index contributed by atoms with van der Waals surface area (Å²) in [7, 11) is 0. The summed E-state index contributed by atoms with van der Waals surface area (Å²) in [5.41, 5.74) is 8.02. The Morgan fingerprint density at radius 3 is 3.00 bits per heavy atom. The molecule has 0 aliphatic carbocycles. The van der Waals surface area contributed by atoms with Gasteiger partial charge < -0.3 is 11.1 Å². The smallest absolute Gasteiger partial charge is 0.251 e. The van der Waals surface area contributed by atoms with Gasteiger partial charge in [-0.25, -0.2) is 0 Å². The summed E-state index contributed by atoms with van der Waals surface area (Å²) in [6, 6.07) is 5.72. The molecule has 1 aromatic rings. The van der Waals surface area contributed by atoms with Crippen molar-refractivity contribution in [2.24, 2.45) is 0 Å². The SMILES string of the molecule is Cc1cc(N)ccc1C(=O)NC1CCSC1. The van der Waals surface area contributed by atoms with E-state index < -0.39 is 0 Å². The van der Waals surface area contributed by atoms with Crippen molar-refractivity contribution in [1.82, 2.24) is 5.32 Å². The molecule has 1 aliphatic rings. The van der Waals surface area contributed by atoms with Crippen molar-refractivity contribution in [3.63, 3.8) is 0 Å². The molecule has 2 rings (SSSR count). The zero-order valence-electron chi connectivity index (χ0n) is 9.32. The van der Waals surface area contributed by atoms with Crippen LogP contribution in [0.15, 0.2) is 18.2 Å². The van der Waals surface area contributed by atoms with Crippen molar-refractivity contribution in [1.29, 1.82) is 0 Å². The summed E-state index contributed by atoms with van der Waals surface area (Å²) in [5, 5.41) is 3.05. The molecule has 1 amide bonds. The van der Waals surface area contributed by atoms with E-state index >= 15 is 0 Å². The highest BCUT2D eigenvalue weighted by atomic mass is 32.2. The van der Waals surface area contributed by atoms with Crippen molar-refractivity contribution in [2.75, 3.05) is 17.2 Å². The zero-order valence-corrected chi connectivity index (χ0v) is 10.1. The Balaban J connectivity index is 2.08. The average Bonchev–Trinajstić information content (AvgIpc) is 2.70. The van der Waals surface area contributed by atoms with Crippen LogP contribution in [0.2, 0.25) is 0 Å². The Kier molecular flexibility index (Phi) is 3.39. The normalized spacial score (nSPS) is 19.7. The minimum atomic E-state index is 0.0185. The number of hydrogen-bond acceptors (Lipinski definition) is 3. The van der Waals surface area contributed by atoms with E-state index in [1.807, 2.05) is 24.8 Å².